The zero-order valence-electron chi connectivity index (χ0n) is 33.2. The van der Waals surface area contributed by atoms with Gasteiger partial charge >= 0.3 is 17.9 Å². The van der Waals surface area contributed by atoms with Gasteiger partial charge in [0.05, 0.1) is 13.0 Å². The molecule has 324 valence electrons. The number of nitrogens with one attached hydrogen (secondary N) is 6. The van der Waals surface area contributed by atoms with Crippen LogP contribution in [0.1, 0.15) is 92.9 Å². The van der Waals surface area contributed by atoms with Gasteiger partial charge in [-0.2, -0.15) is 0 Å². The number of hydrogen-bond donors (Lipinski definition) is 12. The number of aliphatic carboxylic acids is 3. The Morgan fingerprint density at radius 2 is 0.965 bits per heavy atom. The number of hydrogen-bond acceptors (Lipinski definition) is 12. The third kappa shape index (κ3) is 20.4. The van der Waals surface area contributed by atoms with Crippen LogP contribution in [0.2, 0.25) is 0 Å². The van der Waals surface area contributed by atoms with Crippen molar-refractivity contribution >= 4 is 59.3 Å². The Morgan fingerprint density at radius 3 is 1.40 bits per heavy atom. The number of carbonyl (C=O) groups excluding carboxylic acids is 7. The quantitative estimate of drug-likeness (QED) is 0.0375. The molecule has 0 spiro atoms. The summed E-state index contributed by atoms with van der Waals surface area (Å²) < 4.78 is 0. The van der Waals surface area contributed by atoms with Crippen LogP contribution >= 0.6 is 0 Å². The van der Waals surface area contributed by atoms with Gasteiger partial charge in [-0.15, -0.1) is 0 Å². The molecule has 0 aliphatic rings. The van der Waals surface area contributed by atoms with Gasteiger partial charge in [0.1, 0.15) is 42.3 Å². The summed E-state index contributed by atoms with van der Waals surface area (Å²) in [6.45, 7) is 9.51. The lowest BCUT2D eigenvalue weighted by Gasteiger charge is -2.29. The summed E-state index contributed by atoms with van der Waals surface area (Å²) in [6, 6.07) is -10.4. The topological polar surface area (TPSA) is 376 Å². The lowest BCUT2D eigenvalue weighted by Crippen LogP contribution is -2.61. The average molecular weight is 817 g/mol. The molecule has 0 heterocycles. The molecule has 0 bridgehead atoms. The fourth-order valence-electron chi connectivity index (χ4n) is 5.27. The molecule has 0 aromatic carbocycles. The van der Waals surface area contributed by atoms with E-state index in [1.165, 1.54) is 0 Å². The monoisotopic (exact) mass is 816 g/mol. The van der Waals surface area contributed by atoms with Crippen LogP contribution < -0.4 is 43.4 Å². The number of nitrogens with two attached hydrogens (primary N) is 2. The number of aliphatic hydroxyl groups excluding tert-OH is 1. The van der Waals surface area contributed by atoms with E-state index >= 15 is 0 Å². The molecule has 0 radical (unpaired) electrons. The lowest BCUT2D eigenvalue weighted by atomic mass is 9.96. The van der Waals surface area contributed by atoms with E-state index in [4.69, 9.17) is 16.6 Å². The number of carboxylic acids is 3. The van der Waals surface area contributed by atoms with Gasteiger partial charge < -0.3 is 63.8 Å². The highest BCUT2D eigenvalue weighted by Crippen LogP contribution is 2.13. The lowest BCUT2D eigenvalue weighted by molar-refractivity contribution is -0.143. The van der Waals surface area contributed by atoms with Gasteiger partial charge in [-0.3, -0.25) is 43.2 Å². The predicted molar refractivity (Wildman–Crippen MR) is 200 cm³/mol. The van der Waals surface area contributed by atoms with E-state index in [9.17, 15) is 63.3 Å². The van der Waals surface area contributed by atoms with Crippen molar-refractivity contribution in [2.24, 2.45) is 29.2 Å². The van der Waals surface area contributed by atoms with Crippen LogP contribution in [0.25, 0.3) is 0 Å². The second-order valence-corrected chi connectivity index (χ2v) is 14.6. The zero-order valence-corrected chi connectivity index (χ0v) is 33.2. The molecule has 22 heteroatoms. The van der Waals surface area contributed by atoms with E-state index in [1.54, 1.807) is 41.5 Å². The minimum atomic E-state index is -1.81. The van der Waals surface area contributed by atoms with Crippen LogP contribution in [0.3, 0.4) is 0 Å². The molecule has 0 aromatic rings. The SMILES string of the molecule is CC[C@H](C)[C@H](NC(=O)[C@H](CC(C)C)NC(=O)[C@@H](N)CO)C(=O)N[C@@H](CC(=O)O)C(=O)N[C@@H](CC(C)C)C(=O)N[C@@H](CCC(N)=O)C(=O)N[C@@H](CCC(=O)O)C(=O)O. The molecule has 14 N–H and O–H groups in total. The van der Waals surface area contributed by atoms with Gasteiger partial charge in [-0.1, -0.05) is 48.0 Å². The largest absolute Gasteiger partial charge is 0.481 e. The van der Waals surface area contributed by atoms with Crippen molar-refractivity contribution in [3.05, 3.63) is 0 Å². The van der Waals surface area contributed by atoms with Crippen molar-refractivity contribution in [1.29, 1.82) is 0 Å². The van der Waals surface area contributed by atoms with Gasteiger partial charge in [0.25, 0.3) is 0 Å². The third-order valence-corrected chi connectivity index (χ3v) is 8.59. The Labute approximate surface area is 330 Å². The standard InChI is InChI=1S/C35H60N8O14/c1-7-18(6)28(43-33(54)23(13-17(4)5)40-29(50)19(36)15-44)34(55)42-24(14-27(48)49)32(53)41-22(12-16(2)3)31(52)38-20(8-10-25(37)45)30(51)39-21(35(56)57)9-11-26(46)47/h16-24,28,44H,7-15,36H2,1-6H3,(H2,37,45)(H,38,52)(H,39,51)(H,40,50)(H,41,53)(H,42,55)(H,43,54)(H,46,47)(H,48,49)(H,56,57)/t18-,19-,20-,21-,22-,23-,24-,28-/m0/s1. The highest BCUT2D eigenvalue weighted by molar-refractivity contribution is 5.98. The molecule has 0 aromatic heterocycles. The van der Waals surface area contributed by atoms with E-state index in [2.05, 4.69) is 31.9 Å². The van der Waals surface area contributed by atoms with Crippen molar-refractivity contribution in [2.45, 2.75) is 135 Å². The first-order valence-corrected chi connectivity index (χ1v) is 18.6. The summed E-state index contributed by atoms with van der Waals surface area (Å²) in [5.74, 6) is -12.2. The maximum atomic E-state index is 13.7. The van der Waals surface area contributed by atoms with Gasteiger partial charge in [0.15, 0.2) is 0 Å². The fraction of sp³-hybridized carbons (Fsp3) is 0.714. The highest BCUT2D eigenvalue weighted by Gasteiger charge is 2.36. The van der Waals surface area contributed by atoms with E-state index < -0.39 is 146 Å². The Hall–Kier alpha value is -5.38. The first-order valence-electron chi connectivity index (χ1n) is 18.6. The smallest absolute Gasteiger partial charge is 0.326 e. The van der Waals surface area contributed by atoms with Crippen molar-refractivity contribution in [3.8, 4) is 0 Å². The van der Waals surface area contributed by atoms with Crippen molar-refractivity contribution in [1.82, 2.24) is 31.9 Å². The van der Waals surface area contributed by atoms with Gasteiger partial charge in [0, 0.05) is 12.8 Å². The summed E-state index contributed by atoms with van der Waals surface area (Å²) in [5, 5.41) is 51.5. The molecule has 0 aliphatic carbocycles. The normalized spacial score (nSPS) is 15.3. The van der Waals surface area contributed by atoms with Crippen LogP contribution in [-0.2, 0) is 47.9 Å². The Morgan fingerprint density at radius 1 is 0.544 bits per heavy atom. The van der Waals surface area contributed by atoms with Crippen LogP contribution in [-0.4, -0.2) is 129 Å². The minimum absolute atomic E-state index is 0.0969. The van der Waals surface area contributed by atoms with E-state index in [1.807, 2.05) is 0 Å². The maximum absolute atomic E-state index is 13.7. The van der Waals surface area contributed by atoms with Crippen molar-refractivity contribution in [3.63, 3.8) is 0 Å². The number of carbonyl (C=O) groups is 10. The average Bonchev–Trinajstić information content (AvgIpc) is 3.10. The van der Waals surface area contributed by atoms with E-state index in [-0.39, 0.29) is 24.7 Å². The summed E-state index contributed by atoms with van der Waals surface area (Å²) in [7, 11) is 0. The summed E-state index contributed by atoms with van der Waals surface area (Å²) in [4.78, 5) is 126. The summed E-state index contributed by atoms with van der Waals surface area (Å²) in [5.41, 5.74) is 10.8. The first-order chi connectivity index (χ1) is 26.4. The molecule has 0 aliphatic heterocycles. The second kappa shape index (κ2) is 25.7. The molecule has 0 saturated heterocycles. The molecular weight excluding hydrogens is 756 g/mol. The molecule has 22 nitrogen and oxygen atoms in total. The van der Waals surface area contributed by atoms with Gasteiger partial charge in [-0.25, -0.2) is 4.79 Å². The van der Waals surface area contributed by atoms with E-state index in [0.29, 0.717) is 6.42 Å². The Balaban J connectivity index is 6.42. The molecule has 0 unspecified atom stereocenters. The molecular formula is C35H60N8O14. The minimum Gasteiger partial charge on any atom is -0.481 e. The predicted octanol–water partition coefficient (Wildman–Crippen LogP) is -2.96. The molecule has 0 saturated carbocycles. The maximum Gasteiger partial charge on any atom is 0.326 e. The number of aliphatic hydroxyl groups is 1. The fourth-order valence-corrected chi connectivity index (χ4v) is 5.27. The third-order valence-electron chi connectivity index (χ3n) is 8.59. The van der Waals surface area contributed by atoms with Crippen molar-refractivity contribution in [2.75, 3.05) is 6.61 Å². The summed E-state index contributed by atoms with van der Waals surface area (Å²) in [6.07, 6.45) is -2.64. The molecule has 8 atom stereocenters. The van der Waals surface area contributed by atoms with Crippen LogP contribution in [0.5, 0.6) is 0 Å². The van der Waals surface area contributed by atoms with Crippen LogP contribution in [0.15, 0.2) is 0 Å². The molecule has 57 heavy (non-hydrogen) atoms. The zero-order chi connectivity index (χ0) is 44.2. The first kappa shape index (κ1) is 51.6. The molecule has 0 rings (SSSR count). The molecule has 7 amide bonds. The molecule has 0 fully saturated rings. The number of carboxylic acid groups (broad SMARTS) is 3. The van der Waals surface area contributed by atoms with E-state index in [0.717, 1.165) is 0 Å². The Kier molecular flexibility index (Phi) is 23.3. The Bertz CT molecular complexity index is 1440. The van der Waals surface area contributed by atoms with Crippen molar-refractivity contribution < 1.29 is 68.4 Å². The number of primary amides is 1. The van der Waals surface area contributed by atoms with Gasteiger partial charge in [0.2, 0.25) is 41.4 Å². The number of amides is 7. The van der Waals surface area contributed by atoms with Crippen LogP contribution in [0, 0.1) is 17.8 Å². The van der Waals surface area contributed by atoms with Crippen LogP contribution in [0.4, 0.5) is 0 Å². The summed E-state index contributed by atoms with van der Waals surface area (Å²) >= 11 is 0. The highest BCUT2D eigenvalue weighted by atomic mass is 16.4. The second-order valence-electron chi connectivity index (χ2n) is 14.6. The van der Waals surface area contributed by atoms with Gasteiger partial charge in [-0.05, 0) is 43.4 Å². The number of rotatable bonds is 28.